The van der Waals surface area contributed by atoms with Crippen molar-refractivity contribution in [2.75, 3.05) is 32.6 Å². The first-order chi connectivity index (χ1) is 18.5. The first kappa shape index (κ1) is 24.4. The molecule has 4 aromatic rings. The molecule has 6 rings (SSSR count). The molecule has 1 saturated heterocycles. The van der Waals surface area contributed by atoms with Gasteiger partial charge in [0.05, 0.1) is 37.2 Å². The molecule has 9 heteroatoms. The molecule has 2 aliphatic rings. The van der Waals surface area contributed by atoms with Crippen molar-refractivity contribution in [2.24, 2.45) is 0 Å². The molecule has 1 aliphatic carbocycles. The van der Waals surface area contributed by atoms with Crippen molar-refractivity contribution >= 4 is 28.2 Å². The van der Waals surface area contributed by atoms with E-state index in [-0.39, 0.29) is 24.2 Å². The number of hydrogen-bond acceptors (Lipinski definition) is 7. The van der Waals surface area contributed by atoms with Crippen LogP contribution in [-0.2, 0) is 4.74 Å². The third-order valence-corrected chi connectivity index (χ3v) is 7.62. The van der Waals surface area contributed by atoms with Gasteiger partial charge in [0.1, 0.15) is 11.6 Å². The lowest BCUT2D eigenvalue weighted by atomic mass is 10.0. The molecule has 196 valence electrons. The fourth-order valence-electron chi connectivity index (χ4n) is 5.29. The smallest absolute Gasteiger partial charge is 0.254 e. The number of rotatable bonds is 7. The monoisotopic (exact) mass is 513 g/mol. The number of aliphatic hydroxyl groups excluding tert-OH is 1. The Bertz CT molecular complexity index is 1480. The highest BCUT2D eigenvalue weighted by Gasteiger charge is 2.31. The Balaban J connectivity index is 1.22. The van der Waals surface area contributed by atoms with E-state index >= 15 is 0 Å². The quantitative estimate of drug-likeness (QED) is 0.378. The fourth-order valence-corrected chi connectivity index (χ4v) is 5.29. The van der Waals surface area contributed by atoms with Gasteiger partial charge in [0.15, 0.2) is 0 Å². The molecule has 2 aromatic carbocycles. The number of aromatic nitrogens is 3. The molecule has 38 heavy (non-hydrogen) atoms. The minimum absolute atomic E-state index is 0.0368. The summed E-state index contributed by atoms with van der Waals surface area (Å²) in [6.07, 6.45) is 8.29. The predicted molar refractivity (Wildman–Crippen MR) is 145 cm³/mol. The Morgan fingerprint density at radius 2 is 1.89 bits per heavy atom. The van der Waals surface area contributed by atoms with E-state index in [2.05, 4.69) is 27.5 Å². The highest BCUT2D eigenvalue weighted by atomic mass is 16.5. The maximum atomic E-state index is 12.8. The zero-order valence-electron chi connectivity index (χ0n) is 21.5. The normalized spacial score (nSPS) is 19.5. The first-order valence-corrected chi connectivity index (χ1v) is 12.9. The second-order valence-corrected chi connectivity index (χ2v) is 10.0. The number of fused-ring (bicyclic) bond motifs is 1. The molecule has 1 unspecified atom stereocenters. The summed E-state index contributed by atoms with van der Waals surface area (Å²) >= 11 is 0. The van der Waals surface area contributed by atoms with Crippen molar-refractivity contribution in [3.05, 3.63) is 66.6 Å². The number of nitrogens with one attached hydrogen (secondary N) is 1. The molecule has 2 aromatic heterocycles. The summed E-state index contributed by atoms with van der Waals surface area (Å²) in [7, 11) is 3.25. The highest BCUT2D eigenvalue weighted by Crippen LogP contribution is 2.33. The number of anilines is 2. The van der Waals surface area contributed by atoms with Crippen LogP contribution in [0, 0.1) is 0 Å². The molecule has 1 amide bonds. The van der Waals surface area contributed by atoms with E-state index in [0.717, 1.165) is 46.8 Å². The standard InChI is InChI=1S/C29H31N5O4/c1-37-23-16-33(17-23)29(36)19-8-9-24(27(11-19)38-2)32-28-12-21-10-18(6-7-20(21)13-30-28)22-14-31-34(15-22)25-4-3-5-26(25)35/h6-15,23,25-26,35H,3-5,16-17H2,1-2H3,(H,30,32)/t25?,26-/m0/s1. The number of pyridine rings is 1. The molecular weight excluding hydrogens is 482 g/mol. The molecule has 9 nitrogen and oxygen atoms in total. The molecular formula is C29H31N5O4. The van der Waals surface area contributed by atoms with Crippen molar-refractivity contribution in [2.45, 2.75) is 37.5 Å². The van der Waals surface area contributed by atoms with E-state index < -0.39 is 0 Å². The third-order valence-electron chi connectivity index (χ3n) is 7.62. The topological polar surface area (TPSA) is 102 Å². The molecule has 2 fully saturated rings. The van der Waals surface area contributed by atoms with Gasteiger partial charge in [0.25, 0.3) is 5.91 Å². The van der Waals surface area contributed by atoms with Gasteiger partial charge in [-0.2, -0.15) is 5.10 Å². The molecule has 0 bridgehead atoms. The van der Waals surface area contributed by atoms with Crippen LogP contribution in [0.5, 0.6) is 5.75 Å². The van der Waals surface area contributed by atoms with Crippen molar-refractivity contribution in [1.82, 2.24) is 19.7 Å². The molecule has 0 spiro atoms. The van der Waals surface area contributed by atoms with Crippen molar-refractivity contribution in [3.63, 3.8) is 0 Å². The molecule has 3 heterocycles. The Hall–Kier alpha value is -3.95. The summed E-state index contributed by atoms with van der Waals surface area (Å²) in [5, 5.41) is 20.2. The number of amides is 1. The third kappa shape index (κ3) is 4.59. The molecule has 2 N–H and O–H groups in total. The van der Waals surface area contributed by atoms with E-state index in [1.54, 1.807) is 31.3 Å². The highest BCUT2D eigenvalue weighted by molar-refractivity contribution is 5.96. The second kappa shape index (κ2) is 10.1. The van der Waals surface area contributed by atoms with Crippen LogP contribution < -0.4 is 10.1 Å². The number of carbonyl (C=O) groups is 1. The van der Waals surface area contributed by atoms with Crippen molar-refractivity contribution in [1.29, 1.82) is 0 Å². The first-order valence-electron chi connectivity index (χ1n) is 12.9. The molecule has 1 aliphatic heterocycles. The summed E-state index contributed by atoms with van der Waals surface area (Å²) in [5.41, 5.74) is 3.36. The van der Waals surface area contributed by atoms with Gasteiger partial charge in [-0.25, -0.2) is 4.98 Å². The van der Waals surface area contributed by atoms with E-state index in [1.165, 1.54) is 0 Å². The van der Waals surface area contributed by atoms with Crippen LogP contribution in [0.2, 0.25) is 0 Å². The largest absolute Gasteiger partial charge is 0.495 e. The Morgan fingerprint density at radius 3 is 2.66 bits per heavy atom. The summed E-state index contributed by atoms with van der Waals surface area (Å²) in [6, 6.07) is 13.7. The second-order valence-electron chi connectivity index (χ2n) is 10.0. The van der Waals surface area contributed by atoms with Gasteiger partial charge in [-0.1, -0.05) is 12.1 Å². The van der Waals surface area contributed by atoms with Crippen molar-refractivity contribution in [3.8, 4) is 16.9 Å². The van der Waals surface area contributed by atoms with E-state index in [9.17, 15) is 9.90 Å². The summed E-state index contributed by atoms with van der Waals surface area (Å²) < 4.78 is 12.8. The number of hydrogen-bond donors (Lipinski definition) is 2. The predicted octanol–water partition coefficient (Wildman–Crippen LogP) is 4.41. The van der Waals surface area contributed by atoms with E-state index in [1.807, 2.05) is 41.5 Å². The number of aliphatic hydroxyl groups is 1. The van der Waals surface area contributed by atoms with Gasteiger partial charge in [0, 0.05) is 49.1 Å². The molecule has 1 saturated carbocycles. The lowest BCUT2D eigenvalue weighted by molar-refractivity contribution is -0.0192. The summed E-state index contributed by atoms with van der Waals surface area (Å²) in [4.78, 5) is 19.1. The van der Waals surface area contributed by atoms with E-state index in [4.69, 9.17) is 9.47 Å². The minimum Gasteiger partial charge on any atom is -0.495 e. The van der Waals surface area contributed by atoms with Crippen LogP contribution in [0.4, 0.5) is 11.5 Å². The van der Waals surface area contributed by atoms with Crippen LogP contribution >= 0.6 is 0 Å². The summed E-state index contributed by atoms with van der Waals surface area (Å²) in [5.74, 6) is 1.20. The maximum Gasteiger partial charge on any atom is 0.254 e. The zero-order valence-corrected chi connectivity index (χ0v) is 21.5. The van der Waals surface area contributed by atoms with Gasteiger partial charge in [-0.3, -0.25) is 9.48 Å². The Labute approximate surface area is 221 Å². The average molecular weight is 514 g/mol. The van der Waals surface area contributed by atoms with Crippen LogP contribution in [-0.4, -0.2) is 70.2 Å². The number of ether oxygens (including phenoxy) is 2. The lowest BCUT2D eigenvalue weighted by Crippen LogP contribution is -2.54. The van der Waals surface area contributed by atoms with Gasteiger partial charge < -0.3 is 24.8 Å². The Morgan fingerprint density at radius 1 is 1.03 bits per heavy atom. The van der Waals surface area contributed by atoms with Gasteiger partial charge in [-0.05, 0) is 60.5 Å². The Kier molecular flexibility index (Phi) is 6.47. The number of nitrogens with zero attached hydrogens (tertiary/aromatic N) is 4. The number of methoxy groups -OCH3 is 2. The zero-order chi connectivity index (χ0) is 26.2. The maximum absolute atomic E-state index is 12.8. The molecule has 0 radical (unpaired) electrons. The lowest BCUT2D eigenvalue weighted by Gasteiger charge is -2.38. The van der Waals surface area contributed by atoms with Crippen LogP contribution in [0.15, 0.2) is 61.1 Å². The fraction of sp³-hybridized carbons (Fsp3) is 0.345. The average Bonchev–Trinajstić information content (AvgIpc) is 3.57. The van der Waals surface area contributed by atoms with Gasteiger partial charge in [-0.15, -0.1) is 0 Å². The van der Waals surface area contributed by atoms with Crippen LogP contribution in [0.3, 0.4) is 0 Å². The summed E-state index contributed by atoms with van der Waals surface area (Å²) in [6.45, 7) is 1.20. The van der Waals surface area contributed by atoms with E-state index in [0.29, 0.717) is 30.2 Å². The number of carbonyl (C=O) groups excluding carboxylic acids is 1. The number of likely N-dealkylation sites (tertiary alicyclic amines) is 1. The van der Waals surface area contributed by atoms with Crippen LogP contribution in [0.1, 0.15) is 35.7 Å². The van der Waals surface area contributed by atoms with Gasteiger partial charge in [0.2, 0.25) is 0 Å². The minimum atomic E-state index is -0.332. The number of benzene rings is 2. The van der Waals surface area contributed by atoms with Gasteiger partial charge >= 0.3 is 0 Å². The van der Waals surface area contributed by atoms with Crippen molar-refractivity contribution < 1.29 is 19.4 Å². The SMILES string of the molecule is COc1cc(C(=O)N2CC(OC)C2)ccc1Nc1cc2cc(-c3cnn(C4CCC[C@@H]4O)c3)ccc2cn1. The molecule has 2 atom stereocenters. The van der Waals surface area contributed by atoms with Crippen LogP contribution in [0.25, 0.3) is 21.9 Å².